The van der Waals surface area contributed by atoms with Crippen molar-refractivity contribution in [3.8, 4) is 5.75 Å². The van der Waals surface area contributed by atoms with Crippen molar-refractivity contribution < 1.29 is 19.4 Å². The summed E-state index contributed by atoms with van der Waals surface area (Å²) in [5.41, 5.74) is 4.48. The molecule has 4 nitrogen and oxygen atoms in total. The van der Waals surface area contributed by atoms with Gasteiger partial charge in [0.1, 0.15) is 5.75 Å². The van der Waals surface area contributed by atoms with Crippen LogP contribution < -0.4 is 4.74 Å². The van der Waals surface area contributed by atoms with Crippen LogP contribution in [0.1, 0.15) is 74.5 Å². The maximum Gasteiger partial charge on any atom is 0.341 e. The van der Waals surface area contributed by atoms with E-state index in [1.165, 1.54) is 0 Å². The van der Waals surface area contributed by atoms with Gasteiger partial charge in [-0.1, -0.05) is 92.0 Å². The number of aliphatic carboxylic acids is 1. The largest absolute Gasteiger partial charge is 0.480 e. The number of hydrogen-bond donors (Lipinski definition) is 1. The van der Waals surface area contributed by atoms with E-state index in [4.69, 9.17) is 44.3 Å². The zero-order chi connectivity index (χ0) is 28.5. The molecule has 7 heteroatoms. The fraction of sp³-hybridized carbons (Fsp3) is 0.344. The standard InChI is InChI=1S/C32H33Cl3O4/c1-18(2)24-16-25(20-7-6-8-23(34)13-20)29(19-9-11-22(33)12-10-19)39-30(24)26-14-21(32(3,4)5)15-27(35)31(26)38-17-28(36)37/h6-15,24-25,29-30H,1,16-17H2,2-5H3,(H,36,37)/t24-,25-,29+,30+/m1/s1. The number of rotatable bonds is 7. The Hall–Kier alpha value is -2.50. The van der Waals surface area contributed by atoms with Gasteiger partial charge in [-0.15, -0.1) is 0 Å². The molecule has 1 heterocycles. The first-order chi connectivity index (χ1) is 18.3. The summed E-state index contributed by atoms with van der Waals surface area (Å²) in [4.78, 5) is 11.4. The molecule has 0 bridgehead atoms. The molecule has 1 N–H and O–H groups in total. The highest BCUT2D eigenvalue weighted by molar-refractivity contribution is 6.32. The predicted octanol–water partition coefficient (Wildman–Crippen LogP) is 9.59. The van der Waals surface area contributed by atoms with Crippen LogP contribution in [-0.2, 0) is 14.9 Å². The maximum atomic E-state index is 11.4. The molecule has 4 atom stereocenters. The van der Waals surface area contributed by atoms with Crippen molar-refractivity contribution >= 4 is 40.8 Å². The summed E-state index contributed by atoms with van der Waals surface area (Å²) >= 11 is 19.4. The summed E-state index contributed by atoms with van der Waals surface area (Å²) < 4.78 is 12.8. The second-order valence-corrected chi connectivity index (χ2v) is 12.5. The third-order valence-electron chi connectivity index (χ3n) is 7.23. The van der Waals surface area contributed by atoms with Crippen molar-refractivity contribution in [1.82, 2.24) is 0 Å². The van der Waals surface area contributed by atoms with Crippen molar-refractivity contribution in [1.29, 1.82) is 0 Å². The molecule has 3 aromatic carbocycles. The fourth-order valence-corrected chi connectivity index (χ4v) is 5.78. The quantitative estimate of drug-likeness (QED) is 0.280. The molecule has 0 radical (unpaired) electrons. The molecule has 0 aliphatic carbocycles. The number of benzene rings is 3. The molecule has 206 valence electrons. The van der Waals surface area contributed by atoms with E-state index in [-0.39, 0.29) is 23.4 Å². The lowest BCUT2D eigenvalue weighted by Crippen LogP contribution is -2.32. The van der Waals surface area contributed by atoms with Crippen LogP contribution in [0.2, 0.25) is 15.1 Å². The van der Waals surface area contributed by atoms with Crippen molar-refractivity contribution in [2.75, 3.05) is 6.61 Å². The highest BCUT2D eigenvalue weighted by Crippen LogP contribution is 2.54. The Balaban J connectivity index is 1.89. The van der Waals surface area contributed by atoms with Gasteiger partial charge in [0.15, 0.2) is 6.61 Å². The number of carbonyl (C=O) groups is 1. The number of ether oxygens (including phenoxy) is 2. The van der Waals surface area contributed by atoms with Crippen LogP contribution in [-0.4, -0.2) is 17.7 Å². The van der Waals surface area contributed by atoms with Gasteiger partial charge in [0.05, 0.1) is 17.2 Å². The zero-order valence-corrected chi connectivity index (χ0v) is 24.8. The van der Waals surface area contributed by atoms with E-state index in [9.17, 15) is 9.90 Å². The van der Waals surface area contributed by atoms with E-state index in [2.05, 4.69) is 33.4 Å². The van der Waals surface area contributed by atoms with Crippen LogP contribution in [0, 0.1) is 5.92 Å². The molecule has 4 rings (SSSR count). The highest BCUT2D eigenvalue weighted by atomic mass is 35.5. The van der Waals surface area contributed by atoms with Gasteiger partial charge in [0.2, 0.25) is 0 Å². The monoisotopic (exact) mass is 586 g/mol. The summed E-state index contributed by atoms with van der Waals surface area (Å²) in [6, 6.07) is 19.4. The average Bonchev–Trinajstić information content (AvgIpc) is 2.86. The zero-order valence-electron chi connectivity index (χ0n) is 22.5. The Morgan fingerprint density at radius 3 is 2.28 bits per heavy atom. The first-order valence-electron chi connectivity index (χ1n) is 12.9. The summed E-state index contributed by atoms with van der Waals surface area (Å²) in [5, 5.41) is 11.0. The molecule has 1 aliphatic rings. The van der Waals surface area contributed by atoms with Crippen LogP contribution in [0.15, 0.2) is 72.8 Å². The van der Waals surface area contributed by atoms with E-state index in [1.54, 1.807) is 0 Å². The number of carboxylic acids is 1. The van der Waals surface area contributed by atoms with Gasteiger partial charge < -0.3 is 14.6 Å². The van der Waals surface area contributed by atoms with E-state index in [0.29, 0.717) is 26.4 Å². The van der Waals surface area contributed by atoms with Crippen molar-refractivity contribution in [3.63, 3.8) is 0 Å². The molecule has 1 aliphatic heterocycles. The summed E-state index contributed by atoms with van der Waals surface area (Å²) in [5.74, 6) is -0.888. The number of hydrogen-bond acceptors (Lipinski definition) is 3. The Kier molecular flexibility index (Phi) is 9.02. The molecule has 0 spiro atoms. The second-order valence-electron chi connectivity index (χ2n) is 11.2. The molecular formula is C32H33Cl3O4. The topological polar surface area (TPSA) is 55.8 Å². The Morgan fingerprint density at radius 1 is 1.00 bits per heavy atom. The molecule has 3 aromatic rings. The molecule has 1 saturated heterocycles. The highest BCUT2D eigenvalue weighted by Gasteiger charge is 2.42. The second kappa shape index (κ2) is 11.9. The fourth-order valence-electron chi connectivity index (χ4n) is 5.17. The lowest BCUT2D eigenvalue weighted by Gasteiger charge is -2.43. The van der Waals surface area contributed by atoms with E-state index < -0.39 is 18.7 Å². The summed E-state index contributed by atoms with van der Waals surface area (Å²) in [6.07, 6.45) is -0.100. The molecule has 0 aromatic heterocycles. The Labute approximate surface area is 245 Å². The van der Waals surface area contributed by atoms with E-state index in [1.807, 2.05) is 61.5 Å². The minimum Gasteiger partial charge on any atom is -0.480 e. The summed E-state index contributed by atoms with van der Waals surface area (Å²) in [6.45, 7) is 12.1. The molecule has 0 amide bonds. The normalized spacial score (nSPS) is 21.4. The third-order valence-corrected chi connectivity index (χ3v) is 7.99. The number of carboxylic acid groups (broad SMARTS) is 1. The number of halogens is 3. The lowest BCUT2D eigenvalue weighted by atomic mass is 9.73. The van der Waals surface area contributed by atoms with Crippen LogP contribution >= 0.6 is 34.8 Å². The SMILES string of the molecule is C=C(C)[C@H]1C[C@H](c2cccc(Cl)c2)[C@H](c2ccc(Cl)cc2)O[C@@H]1c1cc(C(C)(C)C)cc(Cl)c1OCC(=O)O. The molecular weight excluding hydrogens is 555 g/mol. The smallest absolute Gasteiger partial charge is 0.341 e. The van der Waals surface area contributed by atoms with Gasteiger partial charge in [-0.25, -0.2) is 4.79 Å². The molecule has 0 unspecified atom stereocenters. The van der Waals surface area contributed by atoms with Gasteiger partial charge >= 0.3 is 5.97 Å². The van der Waals surface area contributed by atoms with Crippen LogP contribution in [0.3, 0.4) is 0 Å². The Morgan fingerprint density at radius 2 is 1.69 bits per heavy atom. The maximum absolute atomic E-state index is 11.4. The minimum absolute atomic E-state index is 0.0208. The molecule has 39 heavy (non-hydrogen) atoms. The molecule has 1 fully saturated rings. The average molecular weight is 588 g/mol. The van der Waals surface area contributed by atoms with Crippen LogP contribution in [0.25, 0.3) is 0 Å². The van der Waals surface area contributed by atoms with Crippen molar-refractivity contribution in [2.45, 2.75) is 57.7 Å². The Bertz CT molecular complexity index is 1360. The van der Waals surface area contributed by atoms with Crippen molar-refractivity contribution in [2.24, 2.45) is 5.92 Å². The minimum atomic E-state index is -1.09. The van der Waals surface area contributed by atoms with E-state index in [0.717, 1.165) is 28.7 Å². The van der Waals surface area contributed by atoms with Gasteiger partial charge in [0.25, 0.3) is 0 Å². The van der Waals surface area contributed by atoms with Crippen LogP contribution in [0.4, 0.5) is 0 Å². The van der Waals surface area contributed by atoms with Gasteiger partial charge in [-0.2, -0.15) is 0 Å². The van der Waals surface area contributed by atoms with Crippen molar-refractivity contribution in [3.05, 3.63) is 110 Å². The summed E-state index contributed by atoms with van der Waals surface area (Å²) in [7, 11) is 0. The van der Waals surface area contributed by atoms with E-state index >= 15 is 0 Å². The first kappa shape index (κ1) is 29.5. The van der Waals surface area contributed by atoms with Gasteiger partial charge in [0, 0.05) is 27.4 Å². The van der Waals surface area contributed by atoms with Gasteiger partial charge in [-0.3, -0.25) is 0 Å². The molecule has 0 saturated carbocycles. The lowest BCUT2D eigenvalue weighted by molar-refractivity contribution is -0.139. The predicted molar refractivity (Wildman–Crippen MR) is 158 cm³/mol. The third kappa shape index (κ3) is 6.81. The van der Waals surface area contributed by atoms with Crippen LogP contribution in [0.5, 0.6) is 5.75 Å². The van der Waals surface area contributed by atoms with Gasteiger partial charge in [-0.05, 0) is 71.8 Å². The first-order valence-corrected chi connectivity index (χ1v) is 14.0.